The third kappa shape index (κ3) is 2.20. The van der Waals surface area contributed by atoms with Gasteiger partial charge in [-0.1, -0.05) is 0 Å². The summed E-state index contributed by atoms with van der Waals surface area (Å²) < 4.78 is 39.4. The number of aliphatic imine (C=N–C) groups is 1. The molecule has 2 bridgehead atoms. The summed E-state index contributed by atoms with van der Waals surface area (Å²) in [5.74, 6) is -0.601. The molecular formula is C12H16F3N5O. The molecule has 3 N–H and O–H groups in total. The van der Waals surface area contributed by atoms with E-state index in [9.17, 15) is 18.0 Å². The highest BCUT2D eigenvalue weighted by molar-refractivity contribution is 5.87. The van der Waals surface area contributed by atoms with Crippen LogP contribution in [-0.2, 0) is 4.79 Å². The van der Waals surface area contributed by atoms with E-state index in [1.807, 2.05) is 4.90 Å². The fourth-order valence-electron chi connectivity index (χ4n) is 2.97. The minimum Gasteiger partial charge on any atom is -0.366 e. The number of fused-ring (bicyclic) bond motifs is 3. The SMILES string of the molecule is CC(N1C2=C(C=NC1C(N)=O)N1CCC(C1)N2)C(F)(F)F. The summed E-state index contributed by atoms with van der Waals surface area (Å²) in [4.78, 5) is 18.3. The van der Waals surface area contributed by atoms with Crippen molar-refractivity contribution in [2.75, 3.05) is 13.1 Å². The van der Waals surface area contributed by atoms with Crippen LogP contribution in [0.2, 0.25) is 0 Å². The molecule has 3 atom stereocenters. The molecule has 0 aromatic heterocycles. The van der Waals surface area contributed by atoms with E-state index in [1.165, 1.54) is 6.21 Å². The first-order valence-corrected chi connectivity index (χ1v) is 6.72. The van der Waals surface area contributed by atoms with E-state index in [1.54, 1.807) is 0 Å². The van der Waals surface area contributed by atoms with Gasteiger partial charge in [0.1, 0.15) is 11.9 Å². The number of primary amides is 1. The van der Waals surface area contributed by atoms with Gasteiger partial charge in [0.2, 0.25) is 6.17 Å². The predicted octanol–water partition coefficient (Wildman–Crippen LogP) is -0.0184. The lowest BCUT2D eigenvalue weighted by Gasteiger charge is -2.43. The van der Waals surface area contributed by atoms with Crippen molar-refractivity contribution in [2.45, 2.75) is 37.8 Å². The number of halogens is 3. The van der Waals surface area contributed by atoms with Crippen molar-refractivity contribution in [1.29, 1.82) is 0 Å². The number of nitrogens with zero attached hydrogens (tertiary/aromatic N) is 3. The van der Waals surface area contributed by atoms with E-state index < -0.39 is 24.3 Å². The Morgan fingerprint density at radius 1 is 1.57 bits per heavy atom. The van der Waals surface area contributed by atoms with Gasteiger partial charge < -0.3 is 20.9 Å². The van der Waals surface area contributed by atoms with Crippen LogP contribution in [0, 0.1) is 0 Å². The maximum atomic E-state index is 13.1. The van der Waals surface area contributed by atoms with E-state index in [2.05, 4.69) is 10.3 Å². The zero-order chi connectivity index (χ0) is 15.4. The molecule has 0 spiro atoms. The van der Waals surface area contributed by atoms with Gasteiger partial charge in [-0.05, 0) is 13.3 Å². The first-order valence-electron chi connectivity index (χ1n) is 6.72. The molecule has 3 aliphatic rings. The van der Waals surface area contributed by atoms with Crippen molar-refractivity contribution in [3.8, 4) is 0 Å². The highest BCUT2D eigenvalue weighted by Crippen LogP contribution is 2.34. The number of amides is 1. The number of alkyl halides is 3. The number of rotatable bonds is 2. The summed E-state index contributed by atoms with van der Waals surface area (Å²) in [5, 5.41) is 3.10. The molecule has 21 heavy (non-hydrogen) atoms. The van der Waals surface area contributed by atoms with Crippen LogP contribution in [0.25, 0.3) is 0 Å². The quantitative estimate of drug-likeness (QED) is 0.752. The van der Waals surface area contributed by atoms with Gasteiger partial charge in [0.15, 0.2) is 0 Å². The number of carbonyl (C=O) groups excluding carboxylic acids is 1. The van der Waals surface area contributed by atoms with Gasteiger partial charge >= 0.3 is 6.18 Å². The zero-order valence-electron chi connectivity index (χ0n) is 11.4. The largest absolute Gasteiger partial charge is 0.408 e. The Labute approximate surface area is 119 Å². The van der Waals surface area contributed by atoms with Crippen molar-refractivity contribution >= 4 is 12.1 Å². The number of carbonyl (C=O) groups is 1. The van der Waals surface area contributed by atoms with E-state index in [4.69, 9.17) is 5.73 Å². The van der Waals surface area contributed by atoms with Crippen LogP contribution in [0.1, 0.15) is 13.3 Å². The molecule has 0 aromatic carbocycles. The molecule has 3 rings (SSSR count). The van der Waals surface area contributed by atoms with Gasteiger partial charge in [-0.15, -0.1) is 0 Å². The highest BCUT2D eigenvalue weighted by atomic mass is 19.4. The number of hydrogen-bond acceptors (Lipinski definition) is 5. The van der Waals surface area contributed by atoms with E-state index in [0.717, 1.165) is 31.3 Å². The number of nitrogens with one attached hydrogen (secondary N) is 1. The summed E-state index contributed by atoms with van der Waals surface area (Å²) in [5.41, 5.74) is 5.81. The molecule has 3 unspecified atom stereocenters. The molecule has 6 nitrogen and oxygen atoms in total. The molecule has 116 valence electrons. The summed E-state index contributed by atoms with van der Waals surface area (Å²) in [7, 11) is 0. The molecule has 3 heterocycles. The predicted molar refractivity (Wildman–Crippen MR) is 69.0 cm³/mol. The third-order valence-electron chi connectivity index (χ3n) is 4.12. The second-order valence-corrected chi connectivity index (χ2v) is 5.49. The second kappa shape index (κ2) is 4.54. The summed E-state index contributed by atoms with van der Waals surface area (Å²) in [6, 6.07) is -1.77. The lowest BCUT2D eigenvalue weighted by atomic mass is 10.1. The Kier molecular flexibility index (Phi) is 3.03. The topological polar surface area (TPSA) is 74.0 Å². The Hall–Kier alpha value is -1.93. The summed E-state index contributed by atoms with van der Waals surface area (Å²) in [6.07, 6.45) is -3.53. The van der Waals surface area contributed by atoms with Gasteiger partial charge in [-0.3, -0.25) is 9.79 Å². The Balaban J connectivity index is 2.02. The number of allylic oxidation sites excluding steroid dienone is 1. The van der Waals surface area contributed by atoms with Crippen molar-refractivity contribution in [3.63, 3.8) is 0 Å². The van der Waals surface area contributed by atoms with E-state index in [0.29, 0.717) is 11.5 Å². The van der Waals surface area contributed by atoms with Crippen molar-refractivity contribution < 1.29 is 18.0 Å². The maximum absolute atomic E-state index is 13.1. The van der Waals surface area contributed by atoms with Crippen LogP contribution < -0.4 is 11.1 Å². The fraction of sp³-hybridized carbons (Fsp3) is 0.667. The van der Waals surface area contributed by atoms with Crippen LogP contribution >= 0.6 is 0 Å². The smallest absolute Gasteiger partial charge is 0.366 e. The molecule has 0 aromatic rings. The summed E-state index contributed by atoms with van der Waals surface area (Å²) in [6.45, 7) is 2.51. The van der Waals surface area contributed by atoms with Crippen LogP contribution in [0.5, 0.6) is 0 Å². The fourth-order valence-corrected chi connectivity index (χ4v) is 2.97. The first kappa shape index (κ1) is 14.0. The van der Waals surface area contributed by atoms with Crippen molar-refractivity contribution in [1.82, 2.24) is 15.1 Å². The Morgan fingerprint density at radius 3 is 2.90 bits per heavy atom. The van der Waals surface area contributed by atoms with E-state index in [-0.39, 0.29) is 6.04 Å². The van der Waals surface area contributed by atoms with Crippen LogP contribution in [0.15, 0.2) is 16.5 Å². The second-order valence-electron chi connectivity index (χ2n) is 5.49. The van der Waals surface area contributed by atoms with Gasteiger partial charge in [-0.2, -0.15) is 13.2 Å². The Bertz CT molecular complexity index is 529. The lowest BCUT2D eigenvalue weighted by Crippen LogP contribution is -2.59. The van der Waals surface area contributed by atoms with Gasteiger partial charge in [0.05, 0.1) is 11.9 Å². The van der Waals surface area contributed by atoms with Crippen LogP contribution in [-0.4, -0.2) is 59.4 Å². The molecule has 0 radical (unpaired) electrons. The molecule has 9 heteroatoms. The lowest BCUT2D eigenvalue weighted by molar-refractivity contribution is -0.181. The van der Waals surface area contributed by atoms with E-state index >= 15 is 0 Å². The summed E-state index contributed by atoms with van der Waals surface area (Å²) >= 11 is 0. The van der Waals surface area contributed by atoms with Crippen molar-refractivity contribution in [3.05, 3.63) is 11.5 Å². The maximum Gasteiger partial charge on any atom is 0.408 e. The van der Waals surface area contributed by atoms with Gasteiger partial charge in [0.25, 0.3) is 5.91 Å². The minimum absolute atomic E-state index is 0.0895. The molecule has 1 fully saturated rings. The minimum atomic E-state index is -4.48. The average molecular weight is 303 g/mol. The number of nitrogens with two attached hydrogens (primary N) is 1. The third-order valence-corrected chi connectivity index (χ3v) is 4.12. The van der Waals surface area contributed by atoms with Crippen LogP contribution in [0.4, 0.5) is 13.2 Å². The molecule has 1 amide bonds. The monoisotopic (exact) mass is 303 g/mol. The molecule has 0 aliphatic carbocycles. The van der Waals surface area contributed by atoms with Gasteiger partial charge in [0, 0.05) is 19.1 Å². The molecule has 0 saturated carbocycles. The van der Waals surface area contributed by atoms with Crippen LogP contribution in [0.3, 0.4) is 0 Å². The standard InChI is InChI=1S/C12H16F3N5O/c1-6(12(13,14)15)20-10-8(4-17-11(20)9(16)21)19-3-2-7(5-19)18-10/h4,6-7,11,18H,2-3,5H2,1H3,(H2,16,21). The van der Waals surface area contributed by atoms with Gasteiger partial charge in [-0.25, -0.2) is 0 Å². The zero-order valence-corrected chi connectivity index (χ0v) is 11.4. The number of hydrogen-bond donors (Lipinski definition) is 2. The Morgan fingerprint density at radius 2 is 2.29 bits per heavy atom. The average Bonchev–Trinajstić information content (AvgIpc) is 2.78. The van der Waals surface area contributed by atoms with Crippen molar-refractivity contribution in [2.24, 2.45) is 10.7 Å². The highest BCUT2D eigenvalue weighted by Gasteiger charge is 2.48. The molecule has 3 aliphatic heterocycles. The normalized spacial score (nSPS) is 29.3. The molecular weight excluding hydrogens is 287 g/mol. The first-order chi connectivity index (χ1) is 9.79. The molecule has 1 saturated heterocycles.